The molecular weight excluding hydrogens is 318 g/mol. The van der Waals surface area contributed by atoms with E-state index in [4.69, 9.17) is 10.7 Å². The summed E-state index contributed by atoms with van der Waals surface area (Å²) < 4.78 is 1.79. The van der Waals surface area contributed by atoms with Gasteiger partial charge in [0.1, 0.15) is 11.2 Å². The molecule has 0 saturated heterocycles. The minimum Gasteiger partial charge on any atom is -0.382 e. The van der Waals surface area contributed by atoms with Crippen molar-refractivity contribution in [2.75, 3.05) is 12.0 Å². The molecule has 4 rings (SSSR count). The van der Waals surface area contributed by atoms with E-state index < -0.39 is 0 Å². The molecule has 0 saturated carbocycles. The number of nitrogens with zero attached hydrogens (tertiary/aromatic N) is 4. The third-order valence-corrected chi connectivity index (χ3v) is 4.38. The van der Waals surface area contributed by atoms with Crippen LogP contribution < -0.4 is 5.73 Å². The summed E-state index contributed by atoms with van der Waals surface area (Å²) >= 11 is 1.53. The fraction of sp³-hybridized carbons (Fsp3) is 0.0556. The molecule has 2 aromatic heterocycles. The topological polar surface area (TPSA) is 69.1 Å². The number of nitrogen functional groups attached to an aromatic ring is 1. The molecule has 0 amide bonds. The largest absolute Gasteiger partial charge is 0.382 e. The van der Waals surface area contributed by atoms with Crippen LogP contribution in [0.2, 0.25) is 0 Å². The first kappa shape index (κ1) is 14.7. The van der Waals surface area contributed by atoms with Crippen molar-refractivity contribution in [3.05, 3.63) is 60.7 Å². The standard InChI is InChI=1S/C18H15N5S/c1-24-18-20-14(12-8-4-2-5-9-12)15-16(19)21-17(22-23(15)18)13-10-6-3-7-11-13/h2-11H,1H3,(H2,19,21,22). The van der Waals surface area contributed by atoms with Gasteiger partial charge in [0.2, 0.25) is 0 Å². The summed E-state index contributed by atoms with van der Waals surface area (Å²) in [4.78, 5) is 9.22. The van der Waals surface area contributed by atoms with Crippen LogP contribution >= 0.6 is 11.8 Å². The minimum absolute atomic E-state index is 0.426. The summed E-state index contributed by atoms with van der Waals surface area (Å²) in [7, 11) is 0. The molecule has 6 heteroatoms. The number of imidazole rings is 1. The highest BCUT2D eigenvalue weighted by Gasteiger charge is 2.18. The Labute approximate surface area is 143 Å². The molecule has 2 aromatic carbocycles. The van der Waals surface area contributed by atoms with Crippen LogP contribution in [-0.4, -0.2) is 25.8 Å². The van der Waals surface area contributed by atoms with Crippen molar-refractivity contribution in [2.24, 2.45) is 0 Å². The molecular formula is C18H15N5S. The van der Waals surface area contributed by atoms with E-state index >= 15 is 0 Å². The Morgan fingerprint density at radius 3 is 2.12 bits per heavy atom. The van der Waals surface area contributed by atoms with E-state index in [1.54, 1.807) is 4.52 Å². The first-order valence-corrected chi connectivity index (χ1v) is 8.71. The zero-order valence-electron chi connectivity index (χ0n) is 13.0. The Bertz CT molecular complexity index is 996. The number of rotatable bonds is 3. The average molecular weight is 333 g/mol. The van der Waals surface area contributed by atoms with Gasteiger partial charge in [-0.15, -0.1) is 5.10 Å². The van der Waals surface area contributed by atoms with Crippen molar-refractivity contribution >= 4 is 23.1 Å². The predicted octanol–water partition coefficient (Wildman–Crippen LogP) is 3.76. The fourth-order valence-corrected chi connectivity index (χ4v) is 3.13. The number of nitrogens with two attached hydrogens (primary N) is 1. The van der Waals surface area contributed by atoms with E-state index in [0.29, 0.717) is 11.6 Å². The van der Waals surface area contributed by atoms with Crippen LogP contribution in [0.1, 0.15) is 0 Å². The SMILES string of the molecule is CSc1nc(-c2ccccc2)c2c(N)nc(-c3ccccc3)nn12. The second-order valence-electron chi connectivity index (χ2n) is 5.26. The Balaban J connectivity index is 1.99. The molecule has 24 heavy (non-hydrogen) atoms. The monoisotopic (exact) mass is 333 g/mol. The maximum absolute atomic E-state index is 6.28. The zero-order chi connectivity index (χ0) is 16.5. The molecule has 5 nitrogen and oxygen atoms in total. The highest BCUT2D eigenvalue weighted by Crippen LogP contribution is 2.31. The molecule has 118 valence electrons. The molecule has 0 radical (unpaired) electrons. The molecule has 0 aliphatic heterocycles. The molecule has 0 bridgehead atoms. The molecule has 0 unspecified atom stereocenters. The molecule has 0 atom stereocenters. The van der Waals surface area contributed by atoms with E-state index in [1.165, 1.54) is 11.8 Å². The van der Waals surface area contributed by atoms with Gasteiger partial charge >= 0.3 is 0 Å². The first-order chi connectivity index (χ1) is 11.8. The van der Waals surface area contributed by atoms with E-state index in [0.717, 1.165) is 27.5 Å². The minimum atomic E-state index is 0.426. The summed E-state index contributed by atoms with van der Waals surface area (Å²) in [6.45, 7) is 0. The van der Waals surface area contributed by atoms with Crippen LogP contribution in [0.15, 0.2) is 65.8 Å². The summed E-state index contributed by atoms with van der Waals surface area (Å²) in [5.41, 5.74) is 9.75. The highest BCUT2D eigenvalue weighted by molar-refractivity contribution is 7.98. The fourth-order valence-electron chi connectivity index (χ4n) is 2.64. The molecule has 0 aliphatic rings. The second-order valence-corrected chi connectivity index (χ2v) is 6.03. The number of aromatic nitrogens is 4. The van der Waals surface area contributed by atoms with Gasteiger partial charge in [-0.2, -0.15) is 0 Å². The quantitative estimate of drug-likeness (QED) is 0.578. The third-order valence-electron chi connectivity index (χ3n) is 3.75. The van der Waals surface area contributed by atoms with E-state index in [1.807, 2.05) is 66.9 Å². The lowest BCUT2D eigenvalue weighted by Crippen LogP contribution is -2.04. The Morgan fingerprint density at radius 1 is 0.875 bits per heavy atom. The number of anilines is 1. The first-order valence-electron chi connectivity index (χ1n) is 7.49. The van der Waals surface area contributed by atoms with Crippen molar-refractivity contribution in [3.8, 4) is 22.6 Å². The zero-order valence-corrected chi connectivity index (χ0v) is 13.9. The van der Waals surface area contributed by atoms with Crippen molar-refractivity contribution in [3.63, 3.8) is 0 Å². The van der Waals surface area contributed by atoms with Crippen molar-refractivity contribution in [1.29, 1.82) is 0 Å². The molecule has 4 aromatic rings. The van der Waals surface area contributed by atoms with Gasteiger partial charge in [0.25, 0.3) is 0 Å². The smallest absolute Gasteiger partial charge is 0.189 e. The number of benzene rings is 2. The van der Waals surface area contributed by atoms with Gasteiger partial charge in [0, 0.05) is 11.1 Å². The Morgan fingerprint density at radius 2 is 1.50 bits per heavy atom. The number of thioether (sulfide) groups is 1. The summed E-state index contributed by atoms with van der Waals surface area (Å²) in [5, 5.41) is 5.45. The Hall–Kier alpha value is -2.86. The lowest BCUT2D eigenvalue weighted by molar-refractivity contribution is 0.807. The van der Waals surface area contributed by atoms with Gasteiger partial charge in [-0.1, -0.05) is 72.4 Å². The van der Waals surface area contributed by atoms with Crippen LogP contribution in [0.4, 0.5) is 5.82 Å². The molecule has 0 spiro atoms. The molecule has 0 aliphatic carbocycles. The van der Waals surface area contributed by atoms with Gasteiger partial charge in [-0.25, -0.2) is 14.5 Å². The maximum Gasteiger partial charge on any atom is 0.189 e. The normalized spacial score (nSPS) is 11.0. The summed E-state index contributed by atoms with van der Waals surface area (Å²) in [6, 6.07) is 19.8. The van der Waals surface area contributed by atoms with Gasteiger partial charge in [-0.3, -0.25) is 0 Å². The number of hydrogen-bond donors (Lipinski definition) is 1. The Kier molecular flexibility index (Phi) is 3.66. The highest BCUT2D eigenvalue weighted by atomic mass is 32.2. The van der Waals surface area contributed by atoms with E-state index in [9.17, 15) is 0 Å². The van der Waals surface area contributed by atoms with E-state index in [-0.39, 0.29) is 0 Å². The van der Waals surface area contributed by atoms with Crippen LogP contribution in [0.25, 0.3) is 28.2 Å². The van der Waals surface area contributed by atoms with Crippen LogP contribution in [0.5, 0.6) is 0 Å². The molecule has 2 N–H and O–H groups in total. The lowest BCUT2D eigenvalue weighted by atomic mass is 10.1. The number of hydrogen-bond acceptors (Lipinski definition) is 5. The predicted molar refractivity (Wildman–Crippen MR) is 97.8 cm³/mol. The van der Waals surface area contributed by atoms with Gasteiger partial charge in [0.15, 0.2) is 16.8 Å². The second kappa shape index (κ2) is 5.98. The maximum atomic E-state index is 6.28. The summed E-state index contributed by atoms with van der Waals surface area (Å²) in [5.74, 6) is 1.02. The third kappa shape index (κ3) is 2.41. The average Bonchev–Trinajstić information content (AvgIpc) is 3.02. The number of fused-ring (bicyclic) bond motifs is 1. The van der Waals surface area contributed by atoms with Crippen LogP contribution in [0, 0.1) is 0 Å². The van der Waals surface area contributed by atoms with Crippen molar-refractivity contribution in [2.45, 2.75) is 5.16 Å². The van der Waals surface area contributed by atoms with Gasteiger partial charge in [-0.05, 0) is 6.26 Å². The van der Waals surface area contributed by atoms with Crippen LogP contribution in [-0.2, 0) is 0 Å². The van der Waals surface area contributed by atoms with Crippen molar-refractivity contribution in [1.82, 2.24) is 19.6 Å². The summed E-state index contributed by atoms with van der Waals surface area (Å²) in [6.07, 6.45) is 1.98. The molecule has 0 fully saturated rings. The van der Waals surface area contributed by atoms with Crippen molar-refractivity contribution < 1.29 is 0 Å². The van der Waals surface area contributed by atoms with E-state index in [2.05, 4.69) is 10.1 Å². The van der Waals surface area contributed by atoms with Gasteiger partial charge in [0.05, 0.1) is 0 Å². The lowest BCUT2D eigenvalue weighted by Gasteiger charge is -2.05. The molecule has 2 heterocycles. The van der Waals surface area contributed by atoms with Crippen LogP contribution in [0.3, 0.4) is 0 Å². The van der Waals surface area contributed by atoms with Gasteiger partial charge < -0.3 is 5.73 Å².